The zero-order chi connectivity index (χ0) is 40.9. The number of carbonyl (C=O) groups excluding carboxylic acids is 3. The summed E-state index contributed by atoms with van der Waals surface area (Å²) in [5.41, 5.74) is 4.93. The number of amides is 3. The van der Waals surface area contributed by atoms with Crippen LogP contribution < -0.4 is 21.2 Å². The van der Waals surface area contributed by atoms with Crippen LogP contribution >= 0.6 is 0 Å². The lowest BCUT2D eigenvalue weighted by atomic mass is 9.85. The molecule has 9 rings (SSSR count). The van der Waals surface area contributed by atoms with Crippen LogP contribution in [0.15, 0.2) is 72.0 Å². The monoisotopic (exact) mass is 801 g/mol. The molecule has 0 bridgehead atoms. The minimum Gasteiger partial charge on any atom is -0.370 e. The molecule has 2 N–H and O–H groups in total. The number of imide groups is 1. The Hall–Kier alpha value is -6.16. The average molecular weight is 802 g/mol. The molecule has 15 nitrogen and oxygen atoms in total. The summed E-state index contributed by atoms with van der Waals surface area (Å²) in [5.74, 6) is -1.00. The van der Waals surface area contributed by atoms with Crippen LogP contribution in [0.3, 0.4) is 0 Å². The number of benzene rings is 2. The van der Waals surface area contributed by atoms with Crippen LogP contribution in [0.5, 0.6) is 0 Å². The Balaban J connectivity index is 0.842. The average Bonchev–Trinajstić information content (AvgIpc) is 3.92. The van der Waals surface area contributed by atoms with Gasteiger partial charge in [0.2, 0.25) is 11.8 Å². The summed E-state index contributed by atoms with van der Waals surface area (Å²) >= 11 is 0. The number of anilines is 2. The zero-order valence-electron chi connectivity index (χ0n) is 33.5. The van der Waals surface area contributed by atoms with Crippen molar-refractivity contribution >= 4 is 45.8 Å². The Labute approximate surface area is 339 Å². The number of nitrogens with zero attached hydrogens (tertiary/aromatic N) is 9. The van der Waals surface area contributed by atoms with Crippen LogP contribution in [0.1, 0.15) is 79.4 Å². The topological polar surface area (TPSA) is 157 Å². The first-order valence-corrected chi connectivity index (χ1v) is 20.5. The van der Waals surface area contributed by atoms with Crippen LogP contribution in [0, 0.1) is 18.7 Å². The molecule has 3 aliphatic rings. The maximum absolute atomic E-state index is 15.4. The molecule has 2 aliphatic heterocycles. The van der Waals surface area contributed by atoms with Crippen molar-refractivity contribution in [3.05, 3.63) is 94.7 Å². The van der Waals surface area contributed by atoms with Gasteiger partial charge in [-0.15, -0.1) is 0 Å². The molecule has 306 valence electrons. The molecular weight excluding hydrogens is 754 g/mol. The molecular formula is C43H48FN11O4. The molecule has 4 aromatic heterocycles. The number of rotatable bonds is 9. The lowest BCUT2D eigenvalue weighted by molar-refractivity contribution is -0.135. The van der Waals surface area contributed by atoms with E-state index in [0.717, 1.165) is 74.9 Å². The van der Waals surface area contributed by atoms with Gasteiger partial charge in [0.05, 0.1) is 34.6 Å². The highest BCUT2D eigenvalue weighted by atomic mass is 19.1. The summed E-state index contributed by atoms with van der Waals surface area (Å²) in [4.78, 5) is 60.8. The number of aryl methyl sites for hydroxylation is 2. The molecule has 3 amide bonds. The van der Waals surface area contributed by atoms with Crippen molar-refractivity contribution in [2.75, 3.05) is 36.9 Å². The summed E-state index contributed by atoms with van der Waals surface area (Å²) in [6, 6.07) is 12.5. The smallest absolute Gasteiger partial charge is 0.329 e. The van der Waals surface area contributed by atoms with Crippen molar-refractivity contribution in [1.82, 2.24) is 43.7 Å². The predicted octanol–water partition coefficient (Wildman–Crippen LogP) is 5.26. The number of halogens is 1. The first-order chi connectivity index (χ1) is 28.5. The minimum absolute atomic E-state index is 0.111. The minimum atomic E-state index is -0.716. The van der Waals surface area contributed by atoms with Crippen LogP contribution in [-0.4, -0.2) is 88.9 Å². The number of hydrogen-bond donors (Lipinski definition) is 2. The SMILES string of the molecule is Cc1ccc(-c2nn(C3CCC(CN(C)C4CCN(c5cccc6c5n(C)c(=O)n6C5CCC(=O)NC5=O)CC4)CC3)cc2NC(=O)c2cnn3cccnc23)c(F)c1. The Kier molecular flexibility index (Phi) is 10.1. The van der Waals surface area contributed by atoms with E-state index >= 15 is 4.39 Å². The van der Waals surface area contributed by atoms with Gasteiger partial charge in [0, 0.05) is 63.3 Å². The van der Waals surface area contributed by atoms with E-state index in [1.54, 1.807) is 40.7 Å². The lowest BCUT2D eigenvalue weighted by Crippen LogP contribution is -2.45. The highest BCUT2D eigenvalue weighted by Gasteiger charge is 2.34. The van der Waals surface area contributed by atoms with Gasteiger partial charge in [-0.25, -0.2) is 18.7 Å². The van der Waals surface area contributed by atoms with Crippen molar-refractivity contribution in [2.24, 2.45) is 13.0 Å². The number of aromatic nitrogens is 7. The second kappa shape index (κ2) is 15.5. The van der Waals surface area contributed by atoms with Crippen molar-refractivity contribution in [3.8, 4) is 11.3 Å². The normalized spacial score (nSPS) is 20.5. The highest BCUT2D eigenvalue weighted by molar-refractivity contribution is 6.09. The standard InChI is InChI=1S/C43H48FN11O4/c1-26-8-13-30(32(44)22-26)38-33(47-41(57)31-23-46-53-19-5-18-45-40(31)53)25-54(49-38)29-11-9-27(10-12-29)24-50(2)28-16-20-52(21-17-28)34-6-4-7-35-39(34)51(3)43(59)55(35)36-14-15-37(56)48-42(36)58/h4-8,13,18-19,22-23,25,27-29,36H,9-12,14-17,20-21,24H2,1-3H3,(H,47,57)(H,48,56,58). The molecule has 1 unspecified atom stereocenters. The van der Waals surface area contributed by atoms with Crippen molar-refractivity contribution < 1.29 is 18.8 Å². The summed E-state index contributed by atoms with van der Waals surface area (Å²) in [5, 5.41) is 14.5. The number of piperidine rings is 2. The fourth-order valence-corrected chi connectivity index (χ4v) is 9.46. The van der Waals surface area contributed by atoms with Crippen molar-refractivity contribution in [3.63, 3.8) is 0 Å². The molecule has 1 aliphatic carbocycles. The second-order valence-corrected chi connectivity index (χ2v) is 16.4. The number of para-hydroxylation sites is 1. The van der Waals surface area contributed by atoms with Gasteiger partial charge in [-0.3, -0.25) is 33.5 Å². The Morgan fingerprint density at radius 2 is 1.81 bits per heavy atom. The third-order valence-corrected chi connectivity index (χ3v) is 12.7. The number of fused-ring (bicyclic) bond motifs is 2. The van der Waals surface area contributed by atoms with Crippen LogP contribution in [0.2, 0.25) is 0 Å². The van der Waals surface area contributed by atoms with Gasteiger partial charge in [0.25, 0.3) is 5.91 Å². The van der Waals surface area contributed by atoms with Crippen molar-refractivity contribution in [2.45, 2.75) is 76.4 Å². The van der Waals surface area contributed by atoms with E-state index in [0.29, 0.717) is 52.1 Å². The first kappa shape index (κ1) is 38.4. The molecule has 1 atom stereocenters. The summed E-state index contributed by atoms with van der Waals surface area (Å²) in [6.07, 6.45) is 13.0. The Morgan fingerprint density at radius 3 is 2.58 bits per heavy atom. The van der Waals surface area contributed by atoms with Gasteiger partial charge < -0.3 is 15.1 Å². The first-order valence-electron chi connectivity index (χ1n) is 20.5. The van der Waals surface area contributed by atoms with Gasteiger partial charge in [0.1, 0.15) is 23.1 Å². The van der Waals surface area contributed by atoms with Gasteiger partial charge in [-0.1, -0.05) is 12.1 Å². The third-order valence-electron chi connectivity index (χ3n) is 12.7. The van der Waals surface area contributed by atoms with E-state index in [9.17, 15) is 19.2 Å². The molecule has 59 heavy (non-hydrogen) atoms. The highest BCUT2D eigenvalue weighted by Crippen LogP contribution is 2.38. The van der Waals surface area contributed by atoms with Gasteiger partial charge in [0.15, 0.2) is 5.65 Å². The molecule has 0 radical (unpaired) electrons. The molecule has 2 saturated heterocycles. The second-order valence-electron chi connectivity index (χ2n) is 16.4. The molecule has 16 heteroatoms. The maximum Gasteiger partial charge on any atom is 0.329 e. The van der Waals surface area contributed by atoms with Gasteiger partial charge in [-0.2, -0.15) is 10.2 Å². The largest absolute Gasteiger partial charge is 0.370 e. The molecule has 2 aromatic carbocycles. The predicted molar refractivity (Wildman–Crippen MR) is 221 cm³/mol. The number of nitrogens with one attached hydrogen (secondary N) is 2. The van der Waals surface area contributed by atoms with Crippen LogP contribution in [0.4, 0.5) is 15.8 Å². The van der Waals surface area contributed by atoms with Crippen LogP contribution in [-0.2, 0) is 16.6 Å². The van der Waals surface area contributed by atoms with E-state index in [-0.39, 0.29) is 24.1 Å². The third kappa shape index (κ3) is 7.19. The van der Waals surface area contributed by atoms with Crippen molar-refractivity contribution in [1.29, 1.82) is 0 Å². The van der Waals surface area contributed by atoms with E-state index in [2.05, 4.69) is 43.6 Å². The Morgan fingerprint density at radius 1 is 1.02 bits per heavy atom. The summed E-state index contributed by atoms with van der Waals surface area (Å²) in [7, 11) is 3.97. The van der Waals surface area contributed by atoms with Gasteiger partial charge >= 0.3 is 5.69 Å². The maximum atomic E-state index is 15.4. The fourth-order valence-electron chi connectivity index (χ4n) is 9.46. The molecule has 0 spiro atoms. The fraction of sp³-hybridized carbons (Fsp3) is 0.419. The van der Waals surface area contributed by atoms with Gasteiger partial charge in [-0.05, 0) is 101 Å². The molecule has 3 fully saturated rings. The molecule has 6 heterocycles. The quantitative estimate of drug-likeness (QED) is 0.186. The zero-order valence-corrected chi connectivity index (χ0v) is 33.5. The molecule has 1 saturated carbocycles. The van der Waals surface area contributed by atoms with E-state index in [4.69, 9.17) is 5.10 Å². The summed E-state index contributed by atoms with van der Waals surface area (Å²) < 4.78 is 22.0. The Bertz CT molecular complexity index is 2640. The van der Waals surface area contributed by atoms with E-state index < -0.39 is 23.7 Å². The number of imidazole rings is 1. The summed E-state index contributed by atoms with van der Waals surface area (Å²) in [6.45, 7) is 4.51. The number of carbonyl (C=O) groups is 3. The lowest BCUT2D eigenvalue weighted by Gasteiger charge is -2.40. The number of hydrogen-bond acceptors (Lipinski definition) is 9. The van der Waals surface area contributed by atoms with E-state index in [1.807, 2.05) is 36.0 Å². The molecule has 6 aromatic rings. The van der Waals surface area contributed by atoms with Crippen LogP contribution in [0.25, 0.3) is 27.9 Å². The van der Waals surface area contributed by atoms with E-state index in [1.165, 1.54) is 16.8 Å².